The lowest BCUT2D eigenvalue weighted by molar-refractivity contribution is 0.818. The van der Waals surface area contributed by atoms with Gasteiger partial charge < -0.3 is 11.1 Å². The van der Waals surface area contributed by atoms with E-state index in [-0.39, 0.29) is 0 Å². The molecule has 14 heavy (non-hydrogen) atoms. The minimum Gasteiger partial charge on any atom is -0.398 e. The Morgan fingerprint density at radius 1 is 1.64 bits per heavy atom. The number of hydrogen-bond donors (Lipinski definition) is 2. The van der Waals surface area contributed by atoms with Crippen LogP contribution in [0, 0.1) is 11.8 Å². The Morgan fingerprint density at radius 3 is 3.07 bits per heavy atom. The quantitative estimate of drug-likeness (QED) is 0.438. The Hall–Kier alpha value is -1.24. The average molecular weight is 210 g/mol. The molecule has 1 heterocycles. The van der Waals surface area contributed by atoms with E-state index in [4.69, 9.17) is 17.3 Å². The van der Waals surface area contributed by atoms with Crippen molar-refractivity contribution in [1.82, 2.24) is 10.3 Å². The molecule has 3 N–H and O–H groups in total. The highest BCUT2D eigenvalue weighted by Crippen LogP contribution is 2.17. The highest BCUT2D eigenvalue weighted by molar-refractivity contribution is 6.30. The summed E-state index contributed by atoms with van der Waals surface area (Å²) in [7, 11) is 1.88. The first-order valence-electron chi connectivity index (χ1n) is 4.29. The standard InChI is InChI=1S/C10H12ClN3/c1-13-6-3-2-4-8-9(12)5-7-14-10(8)11/h5,7,13H,3,6H2,1H3,(H2,12,14). The van der Waals surface area contributed by atoms with Gasteiger partial charge in [-0.2, -0.15) is 0 Å². The van der Waals surface area contributed by atoms with Gasteiger partial charge in [0, 0.05) is 19.2 Å². The lowest BCUT2D eigenvalue weighted by Gasteiger charge is -1.98. The van der Waals surface area contributed by atoms with E-state index in [1.54, 1.807) is 12.3 Å². The van der Waals surface area contributed by atoms with Gasteiger partial charge in [0.2, 0.25) is 0 Å². The molecule has 0 saturated heterocycles. The molecule has 0 fully saturated rings. The fraction of sp³-hybridized carbons (Fsp3) is 0.300. The fourth-order valence-corrected chi connectivity index (χ4v) is 1.12. The molecule has 0 aromatic carbocycles. The number of nitrogen functional groups attached to an aromatic ring is 1. The summed E-state index contributed by atoms with van der Waals surface area (Å²) in [5, 5.41) is 3.36. The first-order chi connectivity index (χ1) is 6.75. The molecule has 1 aromatic rings. The highest BCUT2D eigenvalue weighted by atomic mass is 35.5. The lowest BCUT2D eigenvalue weighted by Crippen LogP contribution is -2.05. The third kappa shape index (κ3) is 2.91. The maximum Gasteiger partial charge on any atom is 0.146 e. The van der Waals surface area contributed by atoms with Crippen LogP contribution in [-0.2, 0) is 0 Å². The number of nitrogens with one attached hydrogen (secondary N) is 1. The molecular weight excluding hydrogens is 198 g/mol. The normalized spacial score (nSPS) is 9.29. The van der Waals surface area contributed by atoms with Gasteiger partial charge >= 0.3 is 0 Å². The van der Waals surface area contributed by atoms with Crippen molar-refractivity contribution in [1.29, 1.82) is 0 Å². The molecule has 0 aliphatic heterocycles. The minimum absolute atomic E-state index is 0.363. The highest BCUT2D eigenvalue weighted by Gasteiger charge is 2.00. The van der Waals surface area contributed by atoms with Crippen LogP contribution in [0.2, 0.25) is 5.15 Å². The molecule has 1 rings (SSSR count). The summed E-state index contributed by atoms with van der Waals surface area (Å²) >= 11 is 5.83. The molecule has 0 aliphatic carbocycles. The molecule has 0 radical (unpaired) electrons. The third-order valence-electron chi connectivity index (χ3n) is 1.65. The monoisotopic (exact) mass is 209 g/mol. The largest absolute Gasteiger partial charge is 0.398 e. The van der Waals surface area contributed by atoms with Crippen LogP contribution in [0.25, 0.3) is 0 Å². The van der Waals surface area contributed by atoms with Gasteiger partial charge in [0.25, 0.3) is 0 Å². The summed E-state index contributed by atoms with van der Waals surface area (Å²) in [5.41, 5.74) is 6.88. The van der Waals surface area contributed by atoms with Crippen molar-refractivity contribution in [2.75, 3.05) is 19.3 Å². The van der Waals surface area contributed by atoms with Crippen molar-refractivity contribution in [3.05, 3.63) is 23.0 Å². The number of halogens is 1. The second kappa shape index (κ2) is 5.48. The van der Waals surface area contributed by atoms with E-state index in [1.165, 1.54) is 0 Å². The Kier molecular flexibility index (Phi) is 4.24. The molecule has 0 bridgehead atoms. The number of hydrogen-bond acceptors (Lipinski definition) is 3. The first kappa shape index (κ1) is 10.8. The summed E-state index contributed by atoms with van der Waals surface area (Å²) < 4.78 is 0. The van der Waals surface area contributed by atoms with Crippen LogP contribution in [0.4, 0.5) is 5.69 Å². The minimum atomic E-state index is 0.363. The number of pyridine rings is 1. The fourth-order valence-electron chi connectivity index (χ4n) is 0.912. The number of nitrogens with zero attached hydrogens (tertiary/aromatic N) is 1. The SMILES string of the molecule is CNCCC#Cc1c(N)ccnc1Cl. The van der Waals surface area contributed by atoms with Crippen molar-refractivity contribution in [2.24, 2.45) is 0 Å². The smallest absolute Gasteiger partial charge is 0.146 e. The number of anilines is 1. The predicted molar refractivity (Wildman–Crippen MR) is 59.1 cm³/mol. The Morgan fingerprint density at radius 2 is 2.43 bits per heavy atom. The van der Waals surface area contributed by atoms with E-state index in [2.05, 4.69) is 22.1 Å². The van der Waals surface area contributed by atoms with Crippen LogP contribution in [0.5, 0.6) is 0 Å². The van der Waals surface area contributed by atoms with Crippen LogP contribution in [0.3, 0.4) is 0 Å². The summed E-state index contributed by atoms with van der Waals surface area (Å²) in [6, 6.07) is 1.69. The first-order valence-corrected chi connectivity index (χ1v) is 4.67. The van der Waals surface area contributed by atoms with Crippen molar-refractivity contribution < 1.29 is 0 Å². The van der Waals surface area contributed by atoms with Crippen LogP contribution in [0.15, 0.2) is 12.3 Å². The van der Waals surface area contributed by atoms with Crippen LogP contribution in [-0.4, -0.2) is 18.6 Å². The van der Waals surface area contributed by atoms with Gasteiger partial charge in [-0.25, -0.2) is 4.98 Å². The zero-order chi connectivity index (χ0) is 10.4. The second-order valence-electron chi connectivity index (χ2n) is 2.72. The van der Waals surface area contributed by atoms with Gasteiger partial charge in [-0.1, -0.05) is 23.4 Å². The summed E-state index contributed by atoms with van der Waals surface area (Å²) in [4.78, 5) is 3.91. The molecule has 0 spiro atoms. The summed E-state index contributed by atoms with van der Waals surface area (Å²) in [5.74, 6) is 5.87. The van der Waals surface area contributed by atoms with E-state index in [1.807, 2.05) is 7.05 Å². The zero-order valence-electron chi connectivity index (χ0n) is 7.97. The van der Waals surface area contributed by atoms with E-state index < -0.39 is 0 Å². The van der Waals surface area contributed by atoms with E-state index in [9.17, 15) is 0 Å². The van der Waals surface area contributed by atoms with Crippen LogP contribution >= 0.6 is 11.6 Å². The van der Waals surface area contributed by atoms with Gasteiger partial charge in [0.1, 0.15) is 5.15 Å². The van der Waals surface area contributed by atoms with Gasteiger partial charge in [0.05, 0.1) is 11.3 Å². The van der Waals surface area contributed by atoms with E-state index in [0.29, 0.717) is 16.4 Å². The number of nitrogens with two attached hydrogens (primary N) is 1. The van der Waals surface area contributed by atoms with Gasteiger partial charge in [-0.05, 0) is 13.1 Å². The van der Waals surface area contributed by atoms with Gasteiger partial charge in [0.15, 0.2) is 0 Å². The predicted octanol–water partition coefficient (Wildman–Crippen LogP) is 1.28. The zero-order valence-corrected chi connectivity index (χ0v) is 8.73. The Bertz CT molecular complexity index is 345. The number of rotatable bonds is 2. The van der Waals surface area contributed by atoms with Crippen LogP contribution in [0.1, 0.15) is 12.0 Å². The molecule has 1 aromatic heterocycles. The summed E-state index contributed by atoms with van der Waals surface area (Å²) in [6.45, 7) is 0.852. The van der Waals surface area contributed by atoms with Crippen molar-refractivity contribution in [2.45, 2.75) is 6.42 Å². The van der Waals surface area contributed by atoms with Crippen molar-refractivity contribution in [3.8, 4) is 11.8 Å². The maximum absolute atomic E-state index is 5.83. The number of aromatic nitrogens is 1. The molecular formula is C10H12ClN3. The molecule has 0 atom stereocenters. The molecule has 0 unspecified atom stereocenters. The molecule has 0 saturated carbocycles. The van der Waals surface area contributed by atoms with Crippen molar-refractivity contribution in [3.63, 3.8) is 0 Å². The summed E-state index contributed by atoms with van der Waals surface area (Å²) in [6.07, 6.45) is 2.33. The van der Waals surface area contributed by atoms with Crippen LogP contribution < -0.4 is 11.1 Å². The average Bonchev–Trinajstić information content (AvgIpc) is 2.16. The van der Waals surface area contributed by atoms with Gasteiger partial charge in [-0.3, -0.25) is 0 Å². The third-order valence-corrected chi connectivity index (χ3v) is 1.94. The van der Waals surface area contributed by atoms with E-state index in [0.717, 1.165) is 13.0 Å². The Balaban J connectivity index is 2.78. The molecule has 74 valence electrons. The topological polar surface area (TPSA) is 50.9 Å². The molecule has 0 aliphatic rings. The molecule has 0 amide bonds. The maximum atomic E-state index is 5.83. The van der Waals surface area contributed by atoms with Gasteiger partial charge in [-0.15, -0.1) is 0 Å². The molecule has 3 nitrogen and oxygen atoms in total. The van der Waals surface area contributed by atoms with Crippen molar-refractivity contribution >= 4 is 17.3 Å². The Labute approximate surface area is 88.7 Å². The second-order valence-corrected chi connectivity index (χ2v) is 3.08. The van der Waals surface area contributed by atoms with E-state index >= 15 is 0 Å². The molecule has 4 heteroatoms. The lowest BCUT2D eigenvalue weighted by atomic mass is 10.2.